The molecule has 0 spiro atoms. The van der Waals surface area contributed by atoms with Gasteiger partial charge in [0, 0.05) is 5.57 Å². The second-order valence-corrected chi connectivity index (χ2v) is 7.96. The molecule has 0 saturated carbocycles. The van der Waals surface area contributed by atoms with E-state index in [4.69, 9.17) is 9.47 Å². The number of carbonyl (C=O) groups excluding carboxylic acids is 2. The smallest absolute Gasteiger partial charge is 0.333 e. The zero-order chi connectivity index (χ0) is 22.0. The Morgan fingerprint density at radius 3 is 2.17 bits per heavy atom. The second kappa shape index (κ2) is 16.7. The molecule has 0 bridgehead atoms. The molecule has 6 nitrogen and oxygen atoms in total. The monoisotopic (exact) mass is 421 g/mol. The van der Waals surface area contributed by atoms with Crippen LogP contribution in [-0.2, 0) is 32.2 Å². The molecule has 170 valence electrons. The number of hydrogen-bond donors (Lipinski definition) is 0. The summed E-state index contributed by atoms with van der Waals surface area (Å²) in [4.78, 5) is 23.0. The minimum Gasteiger partial charge on any atom is -0.462 e. The highest BCUT2D eigenvalue weighted by atomic mass is 16.6. The average molecular weight is 422 g/mol. The molecule has 0 unspecified atom stereocenters. The third kappa shape index (κ3) is 13.2. The second-order valence-electron chi connectivity index (χ2n) is 7.96. The van der Waals surface area contributed by atoms with Crippen LogP contribution in [0.1, 0.15) is 84.5 Å². The predicted octanol–water partition coefficient (Wildman–Crippen LogP) is 4.75. The van der Waals surface area contributed by atoms with Crippen LogP contribution in [0.4, 0.5) is 0 Å². The highest BCUT2D eigenvalue weighted by Gasteiger charge is 2.09. The Labute approximate surface area is 182 Å². The third-order valence-corrected chi connectivity index (χ3v) is 5.02. The van der Waals surface area contributed by atoms with Crippen molar-refractivity contribution in [1.82, 2.24) is 4.57 Å². The average Bonchev–Trinajstić information content (AvgIpc) is 3.18. The minimum atomic E-state index is -0.467. The number of esters is 2. The lowest BCUT2D eigenvalue weighted by Crippen LogP contribution is -2.30. The van der Waals surface area contributed by atoms with Gasteiger partial charge in [0.25, 0.3) is 0 Å². The van der Waals surface area contributed by atoms with E-state index in [2.05, 4.69) is 24.3 Å². The van der Waals surface area contributed by atoms with Crippen molar-refractivity contribution in [2.45, 2.75) is 97.6 Å². The van der Waals surface area contributed by atoms with Crippen molar-refractivity contribution in [2.24, 2.45) is 0 Å². The number of imidazole rings is 1. The van der Waals surface area contributed by atoms with Gasteiger partial charge in [0.05, 0.1) is 13.0 Å². The van der Waals surface area contributed by atoms with Gasteiger partial charge < -0.3 is 9.47 Å². The Morgan fingerprint density at radius 2 is 1.53 bits per heavy atom. The summed E-state index contributed by atoms with van der Waals surface area (Å²) in [6.07, 6.45) is 19.8. The fourth-order valence-electron chi connectivity index (χ4n) is 3.19. The predicted molar refractivity (Wildman–Crippen MR) is 118 cm³/mol. The van der Waals surface area contributed by atoms with Gasteiger partial charge in [0.1, 0.15) is 32.2 Å². The molecule has 0 aromatic carbocycles. The fraction of sp³-hybridized carbons (Fsp3) is 0.708. The number of rotatable bonds is 18. The van der Waals surface area contributed by atoms with Crippen molar-refractivity contribution in [3.63, 3.8) is 0 Å². The molecular weight excluding hydrogens is 380 g/mol. The number of hydrogen-bond acceptors (Lipinski definition) is 4. The fourth-order valence-corrected chi connectivity index (χ4v) is 3.19. The van der Waals surface area contributed by atoms with Crippen LogP contribution in [0.25, 0.3) is 0 Å². The Bertz CT molecular complexity index is 624. The molecule has 1 aromatic rings. The van der Waals surface area contributed by atoms with E-state index >= 15 is 0 Å². The minimum absolute atomic E-state index is 0.0554. The van der Waals surface area contributed by atoms with Crippen LogP contribution in [-0.4, -0.2) is 29.7 Å². The van der Waals surface area contributed by atoms with Crippen LogP contribution >= 0.6 is 0 Å². The molecule has 30 heavy (non-hydrogen) atoms. The maximum absolute atomic E-state index is 11.8. The van der Waals surface area contributed by atoms with E-state index in [0.717, 1.165) is 6.54 Å². The zero-order valence-corrected chi connectivity index (χ0v) is 19.1. The molecule has 0 atom stereocenters. The zero-order valence-electron chi connectivity index (χ0n) is 19.1. The topological polar surface area (TPSA) is 61.4 Å². The summed E-state index contributed by atoms with van der Waals surface area (Å²) in [7, 11) is 0. The Morgan fingerprint density at radius 1 is 0.933 bits per heavy atom. The molecule has 0 saturated heterocycles. The van der Waals surface area contributed by atoms with Crippen molar-refractivity contribution in [1.29, 1.82) is 0 Å². The maximum atomic E-state index is 11.8. The van der Waals surface area contributed by atoms with Gasteiger partial charge in [-0.15, -0.1) is 0 Å². The number of nitrogens with zero attached hydrogens (tertiary/aromatic N) is 2. The van der Waals surface area contributed by atoms with Gasteiger partial charge in [0.15, 0.2) is 0 Å². The lowest BCUT2D eigenvalue weighted by Gasteiger charge is -2.05. The van der Waals surface area contributed by atoms with Crippen LogP contribution in [0.15, 0.2) is 30.9 Å². The summed E-state index contributed by atoms with van der Waals surface area (Å²) in [6, 6.07) is 0. The Balaban J connectivity index is 2.03. The lowest BCUT2D eigenvalue weighted by atomic mass is 10.1. The first-order valence-corrected chi connectivity index (χ1v) is 11.6. The molecule has 0 radical (unpaired) electrons. The van der Waals surface area contributed by atoms with Gasteiger partial charge in [0.2, 0.25) is 6.33 Å². The molecule has 0 aliphatic rings. The largest absolute Gasteiger partial charge is 0.462 e. The standard InChI is InChI=1S/C24H41N2O4/c1-4-5-6-7-8-9-10-11-12-13-15-25-17-18-26(21-25)16-14-23(27)29-19-20-30-24(28)22(2)3/h17-18,21H,2,4-16,19-20H2,1,3H3/q+1. The van der Waals surface area contributed by atoms with Crippen LogP contribution in [0, 0.1) is 0 Å². The lowest BCUT2D eigenvalue weighted by molar-refractivity contribution is -0.696. The quantitative estimate of drug-likeness (QED) is 0.149. The number of aryl methyl sites for hydroxylation is 2. The van der Waals surface area contributed by atoms with Crippen LogP contribution < -0.4 is 4.57 Å². The molecule has 6 heteroatoms. The number of aromatic nitrogens is 2. The first kappa shape index (κ1) is 25.9. The van der Waals surface area contributed by atoms with Gasteiger partial charge in [-0.3, -0.25) is 4.79 Å². The van der Waals surface area contributed by atoms with E-state index in [-0.39, 0.29) is 19.2 Å². The Kier molecular flexibility index (Phi) is 14.4. The summed E-state index contributed by atoms with van der Waals surface area (Å²) < 4.78 is 14.1. The van der Waals surface area contributed by atoms with Gasteiger partial charge in [-0.05, 0) is 19.8 Å². The van der Waals surface area contributed by atoms with E-state index in [1.807, 2.05) is 17.1 Å². The summed E-state index contributed by atoms with van der Waals surface area (Å²) >= 11 is 0. The molecular formula is C24H41N2O4+. The first-order valence-electron chi connectivity index (χ1n) is 11.6. The summed E-state index contributed by atoms with van der Waals surface area (Å²) in [5.74, 6) is -0.762. The van der Waals surface area contributed by atoms with E-state index in [1.165, 1.54) is 64.2 Å². The molecule has 0 aliphatic carbocycles. The summed E-state index contributed by atoms with van der Waals surface area (Å²) in [6.45, 7) is 9.05. The summed E-state index contributed by atoms with van der Waals surface area (Å²) in [5.41, 5.74) is 0.333. The van der Waals surface area contributed by atoms with E-state index in [0.29, 0.717) is 18.5 Å². The Hall–Kier alpha value is -2.11. The van der Waals surface area contributed by atoms with E-state index in [9.17, 15) is 9.59 Å². The van der Waals surface area contributed by atoms with Crippen LogP contribution in [0.2, 0.25) is 0 Å². The number of ether oxygens (including phenoxy) is 2. The highest BCUT2D eigenvalue weighted by molar-refractivity contribution is 5.86. The van der Waals surface area contributed by atoms with Gasteiger partial charge in [-0.2, -0.15) is 0 Å². The maximum Gasteiger partial charge on any atom is 0.333 e. The van der Waals surface area contributed by atoms with Crippen LogP contribution in [0.5, 0.6) is 0 Å². The molecule has 0 aliphatic heterocycles. The van der Waals surface area contributed by atoms with Crippen molar-refractivity contribution < 1.29 is 23.6 Å². The normalized spacial score (nSPS) is 10.7. The SMILES string of the molecule is C=C(C)C(=O)OCCOC(=O)CCn1cc[n+](CCCCCCCCCCCC)c1. The van der Waals surface area contributed by atoms with Gasteiger partial charge in [-0.25, -0.2) is 13.9 Å². The number of carbonyl (C=O) groups is 2. The molecule has 0 amide bonds. The highest BCUT2D eigenvalue weighted by Crippen LogP contribution is 2.10. The van der Waals surface area contributed by atoms with Gasteiger partial charge >= 0.3 is 11.9 Å². The molecule has 0 N–H and O–H groups in total. The van der Waals surface area contributed by atoms with Crippen molar-refractivity contribution in [3.8, 4) is 0 Å². The molecule has 1 heterocycles. The molecule has 0 fully saturated rings. The van der Waals surface area contributed by atoms with Gasteiger partial charge in [-0.1, -0.05) is 64.9 Å². The van der Waals surface area contributed by atoms with Crippen LogP contribution in [0.3, 0.4) is 0 Å². The third-order valence-electron chi connectivity index (χ3n) is 5.02. The van der Waals surface area contributed by atoms with E-state index < -0.39 is 5.97 Å². The van der Waals surface area contributed by atoms with Crippen molar-refractivity contribution in [3.05, 3.63) is 30.9 Å². The van der Waals surface area contributed by atoms with E-state index in [1.54, 1.807) is 6.92 Å². The number of unbranched alkanes of at least 4 members (excludes halogenated alkanes) is 9. The molecule has 1 rings (SSSR count). The van der Waals surface area contributed by atoms with Crippen molar-refractivity contribution >= 4 is 11.9 Å². The van der Waals surface area contributed by atoms with Crippen molar-refractivity contribution in [2.75, 3.05) is 13.2 Å². The molecule has 1 aromatic heterocycles. The summed E-state index contributed by atoms with van der Waals surface area (Å²) in [5, 5.41) is 0. The first-order chi connectivity index (χ1) is 14.5.